The van der Waals surface area contributed by atoms with E-state index in [1.807, 2.05) is 0 Å². The Morgan fingerprint density at radius 1 is 1.25 bits per heavy atom. The van der Waals surface area contributed by atoms with E-state index >= 15 is 0 Å². The molecule has 0 saturated heterocycles. The molecule has 0 amide bonds. The van der Waals surface area contributed by atoms with Crippen LogP contribution < -0.4 is 0 Å². The SMILES string of the molecule is O=C(O)C(=O)c1ccccc1C1(CO)CC1. The lowest BCUT2D eigenvalue weighted by Crippen LogP contribution is -2.21. The van der Waals surface area contributed by atoms with Gasteiger partial charge in [-0.2, -0.15) is 0 Å². The van der Waals surface area contributed by atoms with E-state index in [1.165, 1.54) is 6.07 Å². The molecule has 4 heteroatoms. The summed E-state index contributed by atoms with van der Waals surface area (Å²) in [7, 11) is 0. The summed E-state index contributed by atoms with van der Waals surface area (Å²) in [6.07, 6.45) is 1.60. The van der Waals surface area contributed by atoms with Crippen LogP contribution >= 0.6 is 0 Å². The first-order valence-electron chi connectivity index (χ1n) is 5.09. The second-order valence-electron chi connectivity index (χ2n) is 4.12. The zero-order valence-corrected chi connectivity index (χ0v) is 8.64. The average Bonchev–Trinajstić information content (AvgIpc) is 3.09. The highest BCUT2D eigenvalue weighted by Gasteiger charge is 2.45. The van der Waals surface area contributed by atoms with Crippen LogP contribution in [0.4, 0.5) is 0 Å². The van der Waals surface area contributed by atoms with Crippen LogP contribution in [0.2, 0.25) is 0 Å². The average molecular weight is 220 g/mol. The van der Waals surface area contributed by atoms with Crippen molar-refractivity contribution in [2.45, 2.75) is 18.3 Å². The van der Waals surface area contributed by atoms with Crippen LogP contribution in [0.25, 0.3) is 0 Å². The minimum atomic E-state index is -1.46. The van der Waals surface area contributed by atoms with Crippen molar-refractivity contribution in [1.29, 1.82) is 0 Å². The fourth-order valence-corrected chi connectivity index (χ4v) is 1.92. The van der Waals surface area contributed by atoms with Crippen LogP contribution in [-0.2, 0) is 10.2 Å². The topological polar surface area (TPSA) is 74.6 Å². The first-order chi connectivity index (χ1) is 7.60. The lowest BCUT2D eigenvalue weighted by molar-refractivity contribution is -0.131. The van der Waals surface area contributed by atoms with Crippen LogP contribution in [-0.4, -0.2) is 28.6 Å². The van der Waals surface area contributed by atoms with E-state index in [1.54, 1.807) is 18.2 Å². The highest BCUT2D eigenvalue weighted by molar-refractivity contribution is 6.40. The number of carbonyl (C=O) groups excluding carboxylic acids is 1. The van der Waals surface area contributed by atoms with Crippen molar-refractivity contribution in [2.75, 3.05) is 6.61 Å². The van der Waals surface area contributed by atoms with Crippen molar-refractivity contribution in [2.24, 2.45) is 0 Å². The van der Waals surface area contributed by atoms with Crippen LogP contribution in [0.5, 0.6) is 0 Å². The standard InChI is InChI=1S/C12H12O4/c13-7-12(5-6-12)9-4-2-1-3-8(9)10(14)11(15)16/h1-4,13H,5-7H2,(H,15,16). The number of benzene rings is 1. The van der Waals surface area contributed by atoms with Gasteiger partial charge < -0.3 is 10.2 Å². The summed E-state index contributed by atoms with van der Waals surface area (Å²) in [6, 6.07) is 6.61. The minimum absolute atomic E-state index is 0.0447. The number of carboxylic acid groups (broad SMARTS) is 1. The number of aliphatic hydroxyl groups is 1. The zero-order chi connectivity index (χ0) is 11.8. The van der Waals surface area contributed by atoms with Crippen LogP contribution in [0.1, 0.15) is 28.8 Å². The van der Waals surface area contributed by atoms with Crippen LogP contribution in [0.15, 0.2) is 24.3 Å². The second-order valence-corrected chi connectivity index (χ2v) is 4.12. The van der Waals surface area contributed by atoms with E-state index < -0.39 is 11.8 Å². The van der Waals surface area contributed by atoms with Gasteiger partial charge in [0.1, 0.15) is 0 Å². The predicted molar refractivity (Wildman–Crippen MR) is 56.4 cm³/mol. The third-order valence-corrected chi connectivity index (χ3v) is 3.09. The molecule has 0 aliphatic heterocycles. The molecule has 16 heavy (non-hydrogen) atoms. The van der Waals surface area contributed by atoms with Gasteiger partial charge in [-0.25, -0.2) is 4.79 Å². The van der Waals surface area contributed by atoms with Gasteiger partial charge >= 0.3 is 5.97 Å². The summed E-state index contributed by atoms with van der Waals surface area (Å²) in [4.78, 5) is 22.2. The Morgan fingerprint density at radius 2 is 1.88 bits per heavy atom. The number of carboxylic acids is 1. The van der Waals surface area contributed by atoms with Gasteiger partial charge in [0.2, 0.25) is 0 Å². The van der Waals surface area contributed by atoms with Crippen molar-refractivity contribution in [3.8, 4) is 0 Å². The van der Waals surface area contributed by atoms with Gasteiger partial charge in [-0.3, -0.25) is 4.79 Å². The van der Waals surface area contributed by atoms with E-state index in [0.29, 0.717) is 5.56 Å². The quantitative estimate of drug-likeness (QED) is 0.586. The summed E-state index contributed by atoms with van der Waals surface area (Å²) in [5.74, 6) is -2.36. The molecule has 0 heterocycles. The number of rotatable bonds is 4. The molecule has 4 nitrogen and oxygen atoms in total. The smallest absolute Gasteiger partial charge is 0.377 e. The van der Waals surface area contributed by atoms with Crippen molar-refractivity contribution in [1.82, 2.24) is 0 Å². The monoisotopic (exact) mass is 220 g/mol. The molecule has 1 aliphatic carbocycles. The number of ketones is 1. The predicted octanol–water partition coefficient (Wildman–Crippen LogP) is 0.978. The lowest BCUT2D eigenvalue weighted by Gasteiger charge is -2.15. The first-order valence-corrected chi connectivity index (χ1v) is 5.09. The van der Waals surface area contributed by atoms with Gasteiger partial charge in [-0.15, -0.1) is 0 Å². The Kier molecular flexibility index (Phi) is 2.52. The fourth-order valence-electron chi connectivity index (χ4n) is 1.92. The van der Waals surface area contributed by atoms with Gasteiger partial charge in [-0.1, -0.05) is 24.3 Å². The molecule has 1 aromatic rings. The van der Waals surface area contributed by atoms with Crippen LogP contribution in [0.3, 0.4) is 0 Å². The molecular formula is C12H12O4. The molecule has 1 fully saturated rings. The molecule has 0 bridgehead atoms. The van der Waals surface area contributed by atoms with Gasteiger partial charge in [0.25, 0.3) is 5.78 Å². The van der Waals surface area contributed by atoms with E-state index in [9.17, 15) is 14.7 Å². The first kappa shape index (κ1) is 10.8. The van der Waals surface area contributed by atoms with Crippen molar-refractivity contribution < 1.29 is 19.8 Å². The van der Waals surface area contributed by atoms with Gasteiger partial charge in [0.15, 0.2) is 0 Å². The Bertz CT molecular complexity index is 446. The lowest BCUT2D eigenvalue weighted by atomic mass is 9.90. The second kappa shape index (κ2) is 3.72. The normalized spacial score (nSPS) is 16.8. The summed E-state index contributed by atoms with van der Waals surface area (Å²) in [5, 5.41) is 18.0. The molecule has 0 atom stereocenters. The third-order valence-electron chi connectivity index (χ3n) is 3.09. The van der Waals surface area contributed by atoms with Crippen molar-refractivity contribution in [3.05, 3.63) is 35.4 Å². The Labute approximate surface area is 92.5 Å². The van der Waals surface area contributed by atoms with E-state index in [0.717, 1.165) is 12.8 Å². The molecule has 84 valence electrons. The third kappa shape index (κ3) is 1.61. The number of hydrogen-bond acceptors (Lipinski definition) is 3. The van der Waals surface area contributed by atoms with Crippen molar-refractivity contribution >= 4 is 11.8 Å². The number of aliphatic carboxylic acids is 1. The summed E-state index contributed by atoms with van der Waals surface area (Å²) < 4.78 is 0. The van der Waals surface area contributed by atoms with Crippen LogP contribution in [0, 0.1) is 0 Å². The molecule has 2 N–H and O–H groups in total. The molecule has 1 aliphatic rings. The Hall–Kier alpha value is -1.68. The summed E-state index contributed by atoms with van der Waals surface area (Å²) >= 11 is 0. The number of hydrogen-bond donors (Lipinski definition) is 2. The van der Waals surface area contributed by atoms with Gasteiger partial charge in [-0.05, 0) is 18.4 Å². The number of Topliss-reactive ketones (excluding diaryl/α,β-unsaturated/α-hetero) is 1. The van der Waals surface area contributed by atoms with E-state index in [-0.39, 0.29) is 17.6 Å². The maximum absolute atomic E-state index is 11.5. The Morgan fingerprint density at radius 3 is 2.38 bits per heavy atom. The summed E-state index contributed by atoms with van der Waals surface area (Å²) in [5.41, 5.74) is 0.466. The zero-order valence-electron chi connectivity index (χ0n) is 8.64. The van der Waals surface area contributed by atoms with Crippen molar-refractivity contribution in [3.63, 3.8) is 0 Å². The molecule has 0 spiro atoms. The highest BCUT2D eigenvalue weighted by Crippen LogP contribution is 2.48. The maximum atomic E-state index is 11.5. The number of aliphatic hydroxyl groups excluding tert-OH is 1. The van der Waals surface area contributed by atoms with E-state index in [2.05, 4.69) is 0 Å². The minimum Gasteiger partial charge on any atom is -0.475 e. The van der Waals surface area contributed by atoms with E-state index in [4.69, 9.17) is 5.11 Å². The molecule has 0 unspecified atom stereocenters. The Balaban J connectivity index is 2.46. The fraction of sp³-hybridized carbons (Fsp3) is 0.333. The highest BCUT2D eigenvalue weighted by atomic mass is 16.4. The van der Waals surface area contributed by atoms with Gasteiger partial charge in [0, 0.05) is 11.0 Å². The van der Waals surface area contributed by atoms with Gasteiger partial charge in [0.05, 0.1) is 6.61 Å². The largest absolute Gasteiger partial charge is 0.475 e. The molecule has 2 rings (SSSR count). The molecule has 0 aromatic heterocycles. The molecule has 1 saturated carbocycles. The molecule has 0 radical (unpaired) electrons. The number of carbonyl (C=O) groups is 2. The molecule has 1 aromatic carbocycles. The molecular weight excluding hydrogens is 208 g/mol. The summed E-state index contributed by atoms with van der Waals surface area (Å²) in [6.45, 7) is -0.0447. The maximum Gasteiger partial charge on any atom is 0.377 e.